The van der Waals surface area contributed by atoms with Crippen LogP contribution in [0.1, 0.15) is 47.6 Å². The SMILES string of the molecule is COc1cc([C@H]2C3=C(CCCC3=O)Nc3c2c(C)nn3-c2cccc(C)c2)ccc1O. The first-order valence-corrected chi connectivity index (χ1v) is 10.5. The van der Waals surface area contributed by atoms with Crippen molar-refractivity contribution in [1.29, 1.82) is 0 Å². The Balaban J connectivity index is 1.76. The van der Waals surface area contributed by atoms with Gasteiger partial charge in [0.2, 0.25) is 0 Å². The van der Waals surface area contributed by atoms with E-state index in [-0.39, 0.29) is 17.5 Å². The topological polar surface area (TPSA) is 76.4 Å². The summed E-state index contributed by atoms with van der Waals surface area (Å²) in [6.07, 6.45) is 2.21. The molecule has 2 N–H and O–H groups in total. The predicted octanol–water partition coefficient (Wildman–Crippen LogP) is 4.77. The molecule has 6 heteroatoms. The Morgan fingerprint density at radius 3 is 2.77 bits per heavy atom. The second kappa shape index (κ2) is 7.30. The standard InChI is InChI=1S/C25H25N3O3/c1-14-6-4-7-17(12-14)28-25-22(15(2)27-28)23(16-10-11-19(29)21(13-16)31-3)24-18(26-25)8-5-9-20(24)30/h4,6-7,10-13,23,26,29H,5,8-9H2,1-3H3/t23-/m1/s1. The average molecular weight is 415 g/mol. The van der Waals surface area contributed by atoms with E-state index in [0.717, 1.165) is 58.0 Å². The van der Waals surface area contributed by atoms with Crippen molar-refractivity contribution >= 4 is 11.6 Å². The Morgan fingerprint density at radius 1 is 1.16 bits per heavy atom. The van der Waals surface area contributed by atoms with E-state index in [0.29, 0.717) is 12.2 Å². The van der Waals surface area contributed by atoms with Gasteiger partial charge in [-0.3, -0.25) is 4.79 Å². The molecule has 0 saturated heterocycles. The number of carbonyl (C=O) groups excluding carboxylic acids is 1. The number of nitrogens with zero attached hydrogens (tertiary/aromatic N) is 2. The van der Waals surface area contributed by atoms with Gasteiger partial charge in [0.25, 0.3) is 0 Å². The van der Waals surface area contributed by atoms with Gasteiger partial charge in [0.05, 0.1) is 18.5 Å². The number of fused-ring (bicyclic) bond motifs is 1. The first-order chi connectivity index (χ1) is 15.0. The van der Waals surface area contributed by atoms with Crippen LogP contribution in [0.3, 0.4) is 0 Å². The molecule has 1 aromatic heterocycles. The van der Waals surface area contributed by atoms with Crippen molar-refractivity contribution in [2.24, 2.45) is 0 Å². The van der Waals surface area contributed by atoms with Crippen LogP contribution in [-0.4, -0.2) is 27.8 Å². The highest BCUT2D eigenvalue weighted by Gasteiger charge is 2.39. The van der Waals surface area contributed by atoms with Gasteiger partial charge in [-0.05, 0) is 62.1 Å². The molecule has 1 aliphatic carbocycles. The van der Waals surface area contributed by atoms with E-state index in [1.54, 1.807) is 6.07 Å². The summed E-state index contributed by atoms with van der Waals surface area (Å²) in [5.74, 6) is 1.28. The second-order valence-electron chi connectivity index (χ2n) is 8.26. The van der Waals surface area contributed by atoms with Gasteiger partial charge in [0, 0.05) is 29.2 Å². The fourth-order valence-electron chi connectivity index (χ4n) is 4.77. The van der Waals surface area contributed by atoms with E-state index in [1.165, 1.54) is 7.11 Å². The summed E-state index contributed by atoms with van der Waals surface area (Å²) in [5, 5.41) is 18.5. The normalized spacial score (nSPS) is 17.8. The number of phenols is 1. The third-order valence-corrected chi connectivity index (χ3v) is 6.19. The molecule has 6 nitrogen and oxygen atoms in total. The zero-order chi connectivity index (χ0) is 21.7. The number of allylic oxidation sites excluding steroid dienone is 2. The van der Waals surface area contributed by atoms with E-state index in [2.05, 4.69) is 24.4 Å². The van der Waals surface area contributed by atoms with E-state index < -0.39 is 0 Å². The maximum absolute atomic E-state index is 13.1. The van der Waals surface area contributed by atoms with Crippen molar-refractivity contribution in [3.05, 3.63) is 76.1 Å². The zero-order valence-corrected chi connectivity index (χ0v) is 17.9. The van der Waals surface area contributed by atoms with Gasteiger partial charge in [0.15, 0.2) is 17.3 Å². The molecule has 0 amide bonds. The van der Waals surface area contributed by atoms with Crippen molar-refractivity contribution in [3.63, 3.8) is 0 Å². The highest BCUT2D eigenvalue weighted by Crippen LogP contribution is 2.48. The Kier molecular flexibility index (Phi) is 4.58. The number of hydrogen-bond acceptors (Lipinski definition) is 5. The third-order valence-electron chi connectivity index (χ3n) is 6.19. The molecule has 31 heavy (non-hydrogen) atoms. The average Bonchev–Trinajstić information content (AvgIpc) is 3.09. The number of carbonyl (C=O) groups is 1. The molecule has 0 fully saturated rings. The summed E-state index contributed by atoms with van der Waals surface area (Å²) >= 11 is 0. The highest BCUT2D eigenvalue weighted by molar-refractivity contribution is 6.01. The number of Topliss-reactive ketones (excluding diaryl/α,β-unsaturated/α-hetero) is 1. The molecule has 0 saturated carbocycles. The number of aromatic nitrogens is 2. The predicted molar refractivity (Wildman–Crippen MR) is 119 cm³/mol. The lowest BCUT2D eigenvalue weighted by atomic mass is 9.76. The summed E-state index contributed by atoms with van der Waals surface area (Å²) in [4.78, 5) is 13.1. The van der Waals surface area contributed by atoms with Crippen LogP contribution in [0.5, 0.6) is 11.5 Å². The Hall–Kier alpha value is -3.54. The number of phenolic OH excluding ortho intramolecular Hbond substituents is 1. The number of anilines is 1. The van der Waals surface area contributed by atoms with Crippen molar-refractivity contribution < 1.29 is 14.6 Å². The summed E-state index contributed by atoms with van der Waals surface area (Å²) in [7, 11) is 1.53. The van der Waals surface area contributed by atoms with Crippen molar-refractivity contribution in [1.82, 2.24) is 9.78 Å². The Bertz CT molecular complexity index is 1240. The molecule has 0 radical (unpaired) electrons. The molecule has 1 atom stereocenters. The number of benzene rings is 2. The van der Waals surface area contributed by atoms with Crippen LogP contribution in [0.4, 0.5) is 5.82 Å². The number of hydrogen-bond donors (Lipinski definition) is 2. The van der Waals surface area contributed by atoms with Crippen molar-refractivity contribution in [2.75, 3.05) is 12.4 Å². The molecule has 158 valence electrons. The van der Waals surface area contributed by atoms with Crippen LogP contribution < -0.4 is 10.1 Å². The fourth-order valence-corrected chi connectivity index (χ4v) is 4.77. The molecule has 3 aromatic rings. The van der Waals surface area contributed by atoms with Gasteiger partial charge in [0.1, 0.15) is 5.82 Å². The minimum absolute atomic E-state index is 0.0803. The maximum atomic E-state index is 13.1. The number of aromatic hydroxyl groups is 1. The fraction of sp³-hybridized carbons (Fsp3) is 0.280. The smallest absolute Gasteiger partial charge is 0.161 e. The molecule has 0 bridgehead atoms. The minimum Gasteiger partial charge on any atom is -0.504 e. The number of methoxy groups -OCH3 is 1. The van der Waals surface area contributed by atoms with Gasteiger partial charge in [-0.2, -0.15) is 5.10 Å². The number of ether oxygens (including phenoxy) is 1. The molecular weight excluding hydrogens is 390 g/mol. The first-order valence-electron chi connectivity index (χ1n) is 10.5. The molecule has 2 aromatic carbocycles. The van der Waals surface area contributed by atoms with Crippen molar-refractivity contribution in [3.8, 4) is 17.2 Å². The number of aryl methyl sites for hydroxylation is 2. The number of ketones is 1. The second-order valence-corrected chi connectivity index (χ2v) is 8.26. The summed E-state index contributed by atoms with van der Waals surface area (Å²) < 4.78 is 7.29. The van der Waals surface area contributed by atoms with Crippen LogP contribution in [0.15, 0.2) is 53.7 Å². The largest absolute Gasteiger partial charge is 0.504 e. The minimum atomic E-state index is -0.257. The van der Waals surface area contributed by atoms with E-state index >= 15 is 0 Å². The number of rotatable bonds is 3. The Morgan fingerprint density at radius 2 is 2.00 bits per heavy atom. The van der Waals surface area contributed by atoms with Crippen molar-refractivity contribution in [2.45, 2.75) is 39.0 Å². The van der Waals surface area contributed by atoms with E-state index in [4.69, 9.17) is 9.84 Å². The summed E-state index contributed by atoms with van der Waals surface area (Å²) in [6, 6.07) is 13.5. The summed E-state index contributed by atoms with van der Waals surface area (Å²) in [6.45, 7) is 4.04. The van der Waals surface area contributed by atoms with Crippen LogP contribution in [-0.2, 0) is 4.79 Å². The van der Waals surface area contributed by atoms with E-state index in [1.807, 2.05) is 35.9 Å². The molecule has 1 aliphatic heterocycles. The lowest BCUT2D eigenvalue weighted by molar-refractivity contribution is -0.116. The van der Waals surface area contributed by atoms with Crippen LogP contribution in [0.2, 0.25) is 0 Å². The zero-order valence-electron chi connectivity index (χ0n) is 17.9. The molecule has 0 unspecified atom stereocenters. The number of nitrogens with one attached hydrogen (secondary N) is 1. The van der Waals surface area contributed by atoms with Gasteiger partial charge < -0.3 is 15.2 Å². The first kappa shape index (κ1) is 19.4. The quantitative estimate of drug-likeness (QED) is 0.645. The monoisotopic (exact) mass is 415 g/mol. The maximum Gasteiger partial charge on any atom is 0.161 e. The van der Waals surface area contributed by atoms with Gasteiger partial charge in [-0.25, -0.2) is 4.68 Å². The summed E-state index contributed by atoms with van der Waals surface area (Å²) in [5.41, 5.74) is 6.67. The lowest BCUT2D eigenvalue weighted by Gasteiger charge is -2.33. The third kappa shape index (κ3) is 3.10. The van der Waals surface area contributed by atoms with E-state index in [9.17, 15) is 9.90 Å². The molecular formula is C25H25N3O3. The lowest BCUT2D eigenvalue weighted by Crippen LogP contribution is -2.27. The van der Waals surface area contributed by atoms with Crippen LogP contribution in [0.25, 0.3) is 5.69 Å². The van der Waals surface area contributed by atoms with Gasteiger partial charge in [-0.15, -0.1) is 0 Å². The highest BCUT2D eigenvalue weighted by atomic mass is 16.5. The Labute approximate surface area is 181 Å². The van der Waals surface area contributed by atoms with Crippen LogP contribution >= 0.6 is 0 Å². The molecule has 5 rings (SSSR count). The van der Waals surface area contributed by atoms with Gasteiger partial charge >= 0.3 is 0 Å². The molecule has 2 heterocycles. The molecule has 0 spiro atoms. The van der Waals surface area contributed by atoms with Gasteiger partial charge in [-0.1, -0.05) is 18.2 Å². The molecule has 2 aliphatic rings. The van der Waals surface area contributed by atoms with Crippen LogP contribution in [0, 0.1) is 13.8 Å².